The number of nitrogens with zero attached hydrogens (tertiary/aromatic N) is 2. The number of aromatic nitrogens is 2. The molecule has 1 fully saturated rings. The number of Topliss-reactive ketones (excluding diaryl/α,β-unsaturated/α-hetero) is 1. The SMILES string of the molecule is C[C@H]1CC(C(=O)CC(=O)Nc2cc(Br)n[nH]2)CCN1C(=O)OC(C)(C)C. The van der Waals surface area contributed by atoms with Gasteiger partial charge in [-0.2, -0.15) is 5.10 Å². The van der Waals surface area contributed by atoms with E-state index in [4.69, 9.17) is 4.74 Å². The van der Waals surface area contributed by atoms with Crippen molar-refractivity contribution in [2.75, 3.05) is 11.9 Å². The average molecular weight is 429 g/mol. The van der Waals surface area contributed by atoms with Gasteiger partial charge in [-0.1, -0.05) is 0 Å². The van der Waals surface area contributed by atoms with Gasteiger partial charge in [0.05, 0.1) is 6.42 Å². The van der Waals surface area contributed by atoms with Crippen molar-refractivity contribution in [3.63, 3.8) is 0 Å². The van der Waals surface area contributed by atoms with E-state index in [2.05, 4.69) is 31.4 Å². The Kier molecular flexibility index (Phi) is 6.44. The summed E-state index contributed by atoms with van der Waals surface area (Å²) in [6.07, 6.45) is 0.505. The van der Waals surface area contributed by atoms with E-state index in [1.807, 2.05) is 27.7 Å². The number of ether oxygens (including phenoxy) is 1. The van der Waals surface area contributed by atoms with Crippen LogP contribution >= 0.6 is 15.9 Å². The number of rotatable bonds is 4. The zero-order chi connectivity index (χ0) is 19.5. The molecule has 1 aromatic rings. The largest absolute Gasteiger partial charge is 0.444 e. The minimum atomic E-state index is -0.552. The minimum Gasteiger partial charge on any atom is -0.444 e. The van der Waals surface area contributed by atoms with Crippen molar-refractivity contribution in [2.24, 2.45) is 5.92 Å². The molecule has 2 amide bonds. The van der Waals surface area contributed by atoms with Gasteiger partial charge < -0.3 is 15.0 Å². The predicted octanol–water partition coefficient (Wildman–Crippen LogP) is 3.11. The van der Waals surface area contributed by atoms with Crippen LogP contribution in [0.2, 0.25) is 0 Å². The molecule has 2 heterocycles. The Morgan fingerprint density at radius 1 is 1.42 bits per heavy atom. The molecule has 1 saturated heterocycles. The number of amides is 2. The summed E-state index contributed by atoms with van der Waals surface area (Å²) in [5, 5.41) is 9.08. The number of aromatic amines is 1. The molecule has 2 atom stereocenters. The highest BCUT2D eigenvalue weighted by atomic mass is 79.9. The minimum absolute atomic E-state index is 0.112. The lowest BCUT2D eigenvalue weighted by Gasteiger charge is -2.37. The third-order valence-electron chi connectivity index (χ3n) is 4.11. The van der Waals surface area contributed by atoms with Crippen LogP contribution in [0.1, 0.15) is 47.0 Å². The van der Waals surface area contributed by atoms with E-state index in [1.54, 1.807) is 11.0 Å². The fourth-order valence-electron chi connectivity index (χ4n) is 2.91. The number of H-pyrrole nitrogens is 1. The molecule has 1 aromatic heterocycles. The summed E-state index contributed by atoms with van der Waals surface area (Å²) in [6.45, 7) is 7.81. The van der Waals surface area contributed by atoms with Crippen LogP contribution in [0.5, 0.6) is 0 Å². The lowest BCUT2D eigenvalue weighted by Crippen LogP contribution is -2.48. The first kappa shape index (κ1) is 20.4. The summed E-state index contributed by atoms with van der Waals surface area (Å²) in [7, 11) is 0. The zero-order valence-electron chi connectivity index (χ0n) is 15.5. The lowest BCUT2D eigenvalue weighted by molar-refractivity contribution is -0.129. The number of halogens is 1. The van der Waals surface area contributed by atoms with Gasteiger partial charge in [-0.25, -0.2) is 4.79 Å². The summed E-state index contributed by atoms with van der Waals surface area (Å²) < 4.78 is 5.97. The smallest absolute Gasteiger partial charge is 0.410 e. The molecule has 0 saturated carbocycles. The lowest BCUT2D eigenvalue weighted by atomic mass is 9.87. The molecule has 0 radical (unpaired) electrons. The molecule has 8 nitrogen and oxygen atoms in total. The molecule has 1 aliphatic rings. The molecule has 0 bridgehead atoms. The van der Waals surface area contributed by atoms with Crippen molar-refractivity contribution in [1.82, 2.24) is 15.1 Å². The molecule has 0 aromatic carbocycles. The molecule has 0 aliphatic carbocycles. The number of nitrogens with one attached hydrogen (secondary N) is 2. The van der Waals surface area contributed by atoms with Crippen molar-refractivity contribution in [1.29, 1.82) is 0 Å². The summed E-state index contributed by atoms with van der Waals surface area (Å²) in [5.41, 5.74) is -0.552. The molecular formula is C17H25BrN4O4. The summed E-state index contributed by atoms with van der Waals surface area (Å²) in [6, 6.07) is 1.50. The Hall–Kier alpha value is -1.90. The third kappa shape index (κ3) is 5.82. The summed E-state index contributed by atoms with van der Waals surface area (Å²) >= 11 is 3.17. The van der Waals surface area contributed by atoms with Gasteiger partial charge in [0.25, 0.3) is 0 Å². The first-order chi connectivity index (χ1) is 12.0. The van der Waals surface area contributed by atoms with Gasteiger partial charge in [0, 0.05) is 24.6 Å². The van der Waals surface area contributed by atoms with Crippen LogP contribution in [-0.4, -0.2) is 51.1 Å². The Bertz CT molecular complexity index is 683. The molecule has 2 rings (SSSR count). The van der Waals surface area contributed by atoms with Crippen LogP contribution in [0.4, 0.5) is 10.6 Å². The number of hydrogen-bond donors (Lipinski definition) is 2. The quantitative estimate of drug-likeness (QED) is 0.716. The molecule has 2 N–H and O–H groups in total. The summed E-state index contributed by atoms with van der Waals surface area (Å²) in [5.74, 6) is -0.295. The van der Waals surface area contributed by atoms with E-state index < -0.39 is 5.60 Å². The highest BCUT2D eigenvalue weighted by Gasteiger charge is 2.34. The highest BCUT2D eigenvalue weighted by Crippen LogP contribution is 2.26. The topological polar surface area (TPSA) is 104 Å². The van der Waals surface area contributed by atoms with Crippen LogP contribution in [0.15, 0.2) is 10.7 Å². The van der Waals surface area contributed by atoms with Gasteiger partial charge >= 0.3 is 6.09 Å². The molecule has 144 valence electrons. The van der Waals surface area contributed by atoms with Crippen LogP contribution in [-0.2, 0) is 14.3 Å². The van der Waals surface area contributed by atoms with Crippen LogP contribution in [0.3, 0.4) is 0 Å². The highest BCUT2D eigenvalue weighted by molar-refractivity contribution is 9.10. The number of ketones is 1. The number of hydrogen-bond acceptors (Lipinski definition) is 5. The van der Waals surface area contributed by atoms with Crippen molar-refractivity contribution in [2.45, 2.75) is 58.6 Å². The first-order valence-corrected chi connectivity index (χ1v) is 9.37. The average Bonchev–Trinajstić information content (AvgIpc) is 2.89. The van der Waals surface area contributed by atoms with Crippen molar-refractivity contribution in [3.8, 4) is 0 Å². The van der Waals surface area contributed by atoms with E-state index in [0.29, 0.717) is 29.8 Å². The van der Waals surface area contributed by atoms with Gasteiger partial charge in [-0.15, -0.1) is 0 Å². The molecule has 1 unspecified atom stereocenters. The first-order valence-electron chi connectivity index (χ1n) is 8.58. The van der Waals surface area contributed by atoms with Crippen LogP contribution < -0.4 is 5.32 Å². The van der Waals surface area contributed by atoms with E-state index in [0.717, 1.165) is 0 Å². The molecule has 9 heteroatoms. The van der Waals surface area contributed by atoms with Crippen molar-refractivity contribution >= 4 is 39.5 Å². The molecule has 1 aliphatic heterocycles. The Morgan fingerprint density at radius 2 is 2.12 bits per heavy atom. The van der Waals surface area contributed by atoms with E-state index in [1.165, 1.54) is 0 Å². The van der Waals surface area contributed by atoms with Gasteiger partial charge in [-0.05, 0) is 56.5 Å². The fourth-order valence-corrected chi connectivity index (χ4v) is 3.23. The van der Waals surface area contributed by atoms with Crippen molar-refractivity contribution < 1.29 is 19.1 Å². The Labute approximate surface area is 161 Å². The number of piperidine rings is 1. The van der Waals surface area contributed by atoms with Crippen LogP contribution in [0.25, 0.3) is 0 Å². The second-order valence-electron chi connectivity index (χ2n) is 7.54. The maximum atomic E-state index is 12.4. The van der Waals surface area contributed by atoms with Gasteiger partial charge in [0.1, 0.15) is 21.8 Å². The molecule has 0 spiro atoms. The normalized spacial score (nSPS) is 20.6. The van der Waals surface area contributed by atoms with Crippen molar-refractivity contribution in [3.05, 3.63) is 10.7 Å². The van der Waals surface area contributed by atoms with E-state index in [-0.39, 0.29) is 36.2 Å². The predicted molar refractivity (Wildman–Crippen MR) is 99.7 cm³/mol. The van der Waals surface area contributed by atoms with Crippen LogP contribution in [0, 0.1) is 5.92 Å². The second-order valence-corrected chi connectivity index (χ2v) is 8.35. The Morgan fingerprint density at radius 3 is 2.65 bits per heavy atom. The van der Waals surface area contributed by atoms with E-state index >= 15 is 0 Å². The standard InChI is InChI=1S/C17H25BrN4O4/c1-10-7-11(5-6-22(10)16(25)26-17(2,3)4)12(23)8-15(24)19-14-9-13(18)20-21-14/h9-11H,5-8H2,1-4H3,(H2,19,20,21,24)/t10-,11?/m0/s1. The third-order valence-corrected chi connectivity index (χ3v) is 4.52. The maximum Gasteiger partial charge on any atom is 0.410 e. The van der Waals surface area contributed by atoms with E-state index in [9.17, 15) is 14.4 Å². The summed E-state index contributed by atoms with van der Waals surface area (Å²) in [4.78, 5) is 38.3. The number of likely N-dealkylation sites (tertiary alicyclic amines) is 1. The molecular weight excluding hydrogens is 404 g/mol. The maximum absolute atomic E-state index is 12.4. The zero-order valence-corrected chi connectivity index (χ0v) is 17.1. The number of carbonyl (C=O) groups is 3. The number of carbonyl (C=O) groups excluding carboxylic acids is 3. The Balaban J connectivity index is 1.84. The monoisotopic (exact) mass is 428 g/mol. The van der Waals surface area contributed by atoms with Gasteiger partial charge in [0.2, 0.25) is 5.91 Å². The second kappa shape index (κ2) is 8.20. The number of anilines is 1. The molecule has 26 heavy (non-hydrogen) atoms. The fraction of sp³-hybridized carbons (Fsp3) is 0.647. The van der Waals surface area contributed by atoms with Gasteiger partial charge in [-0.3, -0.25) is 14.7 Å². The van der Waals surface area contributed by atoms with Gasteiger partial charge in [0.15, 0.2) is 0 Å².